The highest BCUT2D eigenvalue weighted by atomic mass is 32.2. The minimum atomic E-state index is -4.05. The van der Waals surface area contributed by atoms with Crippen LogP contribution in [0.25, 0.3) is 11.1 Å². The summed E-state index contributed by atoms with van der Waals surface area (Å²) < 4.78 is 60.5. The van der Waals surface area contributed by atoms with Crippen molar-refractivity contribution >= 4 is 31.6 Å². The van der Waals surface area contributed by atoms with Crippen LogP contribution < -0.4 is 0 Å². The Labute approximate surface area is 186 Å². The Hall–Kier alpha value is -2.94. The van der Waals surface area contributed by atoms with E-state index in [-0.39, 0.29) is 13.1 Å². The molecule has 0 unspecified atom stereocenters. The first-order valence-electron chi connectivity index (χ1n) is 9.28. The lowest BCUT2D eigenvalue weighted by Gasteiger charge is -2.09. The van der Waals surface area contributed by atoms with Gasteiger partial charge in [0.25, 0.3) is 20.2 Å². The van der Waals surface area contributed by atoms with Crippen molar-refractivity contribution in [3.8, 4) is 11.1 Å². The van der Waals surface area contributed by atoms with E-state index in [1.54, 1.807) is 38.4 Å². The predicted molar refractivity (Wildman–Crippen MR) is 119 cm³/mol. The molecule has 0 saturated carbocycles. The van der Waals surface area contributed by atoms with Crippen LogP contribution in [0.1, 0.15) is 0 Å². The maximum Gasteiger partial charge on any atom is 0.266 e. The SMILES string of the molecule is CN(CCS(=O)(=O)O)N=Nc1ccc(-c2ccc(N=NN(C)CCS(=O)(=O)O)cc2)cc1. The summed E-state index contributed by atoms with van der Waals surface area (Å²) in [7, 11) is -4.99. The molecule has 0 aromatic heterocycles. The van der Waals surface area contributed by atoms with Crippen molar-refractivity contribution in [2.45, 2.75) is 0 Å². The van der Waals surface area contributed by atoms with E-state index >= 15 is 0 Å². The summed E-state index contributed by atoms with van der Waals surface area (Å²) in [5.41, 5.74) is 3.01. The van der Waals surface area contributed by atoms with Crippen LogP contribution in [0.4, 0.5) is 11.4 Å². The van der Waals surface area contributed by atoms with Gasteiger partial charge in [-0.1, -0.05) is 34.7 Å². The lowest BCUT2D eigenvalue weighted by atomic mass is 10.1. The van der Waals surface area contributed by atoms with Crippen LogP contribution in [-0.4, -0.2) is 74.6 Å². The van der Waals surface area contributed by atoms with E-state index in [0.29, 0.717) is 11.4 Å². The van der Waals surface area contributed by atoms with Gasteiger partial charge in [-0.05, 0) is 35.4 Å². The highest BCUT2D eigenvalue weighted by Crippen LogP contribution is 2.25. The van der Waals surface area contributed by atoms with Gasteiger partial charge in [-0.25, -0.2) is 0 Å². The largest absolute Gasteiger partial charge is 0.285 e. The molecule has 0 radical (unpaired) electrons. The third-order valence-electron chi connectivity index (χ3n) is 4.04. The second kappa shape index (κ2) is 11.1. The van der Waals surface area contributed by atoms with E-state index in [9.17, 15) is 16.8 Å². The number of benzene rings is 2. The van der Waals surface area contributed by atoms with Crippen molar-refractivity contribution < 1.29 is 25.9 Å². The standard InChI is InChI=1S/C18H24N6O6S2/c1-23(11-13-31(25,26)27)21-19-17-7-3-15(4-8-17)16-5-9-18(10-6-16)20-22-24(2)12-14-32(28,29)30/h3-10H,11-14H2,1-2H3,(H,25,26,27)(H,28,29,30). The molecular weight excluding hydrogens is 460 g/mol. The van der Waals surface area contributed by atoms with Crippen molar-refractivity contribution in [1.29, 1.82) is 0 Å². The maximum atomic E-state index is 10.7. The minimum absolute atomic E-state index is 0.0143. The number of hydrogen-bond acceptors (Lipinski definition) is 8. The summed E-state index contributed by atoms with van der Waals surface area (Å²) in [5.74, 6) is -0.865. The van der Waals surface area contributed by atoms with E-state index in [1.165, 1.54) is 10.0 Å². The molecule has 2 aromatic carbocycles. The molecule has 0 saturated heterocycles. The minimum Gasteiger partial charge on any atom is -0.285 e. The number of nitrogens with zero attached hydrogens (tertiary/aromatic N) is 6. The Morgan fingerprint density at radius 2 is 0.969 bits per heavy atom. The molecule has 0 fully saturated rings. The topological polar surface area (TPSA) is 165 Å². The summed E-state index contributed by atoms with van der Waals surface area (Å²) in [6.45, 7) is 0.0286. The monoisotopic (exact) mass is 484 g/mol. The van der Waals surface area contributed by atoms with Crippen LogP contribution in [-0.2, 0) is 20.2 Å². The van der Waals surface area contributed by atoms with Crippen LogP contribution in [0.5, 0.6) is 0 Å². The molecule has 12 nitrogen and oxygen atoms in total. The second-order valence-corrected chi connectivity index (χ2v) is 9.95. The van der Waals surface area contributed by atoms with Gasteiger partial charge in [0.05, 0.1) is 36.0 Å². The van der Waals surface area contributed by atoms with Crippen molar-refractivity contribution in [2.24, 2.45) is 20.7 Å². The van der Waals surface area contributed by atoms with Crippen LogP contribution in [0, 0.1) is 0 Å². The van der Waals surface area contributed by atoms with Crippen molar-refractivity contribution in [2.75, 3.05) is 38.7 Å². The molecular formula is C18H24N6O6S2. The Balaban J connectivity index is 1.94. The van der Waals surface area contributed by atoms with Gasteiger partial charge in [-0.3, -0.25) is 19.1 Å². The van der Waals surface area contributed by atoms with Gasteiger partial charge >= 0.3 is 0 Å². The molecule has 0 atom stereocenters. The first-order chi connectivity index (χ1) is 14.9. The van der Waals surface area contributed by atoms with Gasteiger partial charge in [0.1, 0.15) is 0 Å². The molecule has 32 heavy (non-hydrogen) atoms. The first-order valence-corrected chi connectivity index (χ1v) is 12.5. The van der Waals surface area contributed by atoms with Gasteiger partial charge < -0.3 is 0 Å². The van der Waals surface area contributed by atoms with Crippen LogP contribution in [0.2, 0.25) is 0 Å². The van der Waals surface area contributed by atoms with Crippen LogP contribution >= 0.6 is 0 Å². The molecule has 2 aromatic rings. The number of hydrogen-bond donors (Lipinski definition) is 2. The maximum absolute atomic E-state index is 10.7. The Bertz CT molecular complexity index is 1060. The zero-order valence-corrected chi connectivity index (χ0v) is 19.1. The zero-order valence-electron chi connectivity index (χ0n) is 17.5. The lowest BCUT2D eigenvalue weighted by Crippen LogP contribution is -2.20. The number of rotatable bonds is 11. The molecule has 2 N–H and O–H groups in total. The fourth-order valence-corrected chi connectivity index (χ4v) is 3.27. The van der Waals surface area contributed by atoms with Gasteiger partial charge in [0.2, 0.25) is 0 Å². The Morgan fingerprint density at radius 1 is 0.656 bits per heavy atom. The summed E-state index contributed by atoms with van der Waals surface area (Å²) >= 11 is 0. The molecule has 0 bridgehead atoms. The van der Waals surface area contributed by atoms with Gasteiger partial charge in [-0.2, -0.15) is 16.8 Å². The summed E-state index contributed by atoms with van der Waals surface area (Å²) in [4.78, 5) is 0. The fourth-order valence-electron chi connectivity index (χ4n) is 2.28. The highest BCUT2D eigenvalue weighted by molar-refractivity contribution is 7.86. The zero-order chi connectivity index (χ0) is 23.8. The normalized spacial score (nSPS) is 12.5. The van der Waals surface area contributed by atoms with E-state index in [4.69, 9.17) is 9.11 Å². The molecule has 14 heteroatoms. The summed E-state index contributed by atoms with van der Waals surface area (Å²) in [5, 5.41) is 18.4. The van der Waals surface area contributed by atoms with Crippen LogP contribution in [0.3, 0.4) is 0 Å². The lowest BCUT2D eigenvalue weighted by molar-refractivity contribution is 0.346. The fraction of sp³-hybridized carbons (Fsp3) is 0.333. The van der Waals surface area contributed by atoms with E-state index < -0.39 is 31.7 Å². The molecule has 174 valence electrons. The molecule has 2 rings (SSSR count). The highest BCUT2D eigenvalue weighted by Gasteiger charge is 2.07. The van der Waals surface area contributed by atoms with Crippen LogP contribution in [0.15, 0.2) is 69.2 Å². The van der Waals surface area contributed by atoms with Crippen molar-refractivity contribution in [3.63, 3.8) is 0 Å². The quantitative estimate of drug-likeness (QED) is 0.279. The smallest absolute Gasteiger partial charge is 0.266 e. The average Bonchev–Trinajstić information content (AvgIpc) is 2.73. The summed E-state index contributed by atoms with van der Waals surface area (Å²) in [6.07, 6.45) is 0. The molecule has 0 amide bonds. The van der Waals surface area contributed by atoms with Gasteiger partial charge in [-0.15, -0.1) is 10.2 Å². The second-order valence-electron chi connectivity index (χ2n) is 6.81. The first kappa shape index (κ1) is 25.3. The predicted octanol–water partition coefficient (Wildman–Crippen LogP) is 2.99. The third kappa shape index (κ3) is 9.91. The molecule has 0 aliphatic carbocycles. The Kier molecular flexibility index (Phi) is 8.77. The van der Waals surface area contributed by atoms with E-state index in [1.807, 2.05) is 24.3 Å². The third-order valence-corrected chi connectivity index (χ3v) is 5.44. The average molecular weight is 485 g/mol. The van der Waals surface area contributed by atoms with E-state index in [0.717, 1.165) is 11.1 Å². The molecule has 0 spiro atoms. The van der Waals surface area contributed by atoms with Gasteiger partial charge in [0, 0.05) is 14.1 Å². The summed E-state index contributed by atoms with van der Waals surface area (Å²) in [6, 6.07) is 14.4. The molecule has 0 aliphatic rings. The van der Waals surface area contributed by atoms with Gasteiger partial charge in [0.15, 0.2) is 0 Å². The Morgan fingerprint density at radius 3 is 1.25 bits per heavy atom. The molecule has 0 aliphatic heterocycles. The van der Waals surface area contributed by atoms with E-state index in [2.05, 4.69) is 20.7 Å². The van der Waals surface area contributed by atoms with Crippen molar-refractivity contribution in [3.05, 3.63) is 48.5 Å². The molecule has 0 heterocycles. The van der Waals surface area contributed by atoms with Crippen molar-refractivity contribution in [1.82, 2.24) is 10.0 Å².